The first-order chi connectivity index (χ1) is 12.0. The van der Waals surface area contributed by atoms with Crippen LogP contribution < -0.4 is 9.47 Å². The molecule has 25 heavy (non-hydrogen) atoms. The fraction of sp³-hybridized carbons (Fsp3) is 0.176. The number of methoxy groups -OCH3 is 2. The average Bonchev–Trinajstić information content (AvgIpc) is 3.00. The third kappa shape index (κ3) is 3.01. The van der Waals surface area contributed by atoms with Gasteiger partial charge in [0, 0.05) is 11.8 Å². The number of hydrogen-bond donors (Lipinski definition) is 1. The average molecular weight is 340 g/mol. The Balaban J connectivity index is 2.10. The fourth-order valence-electron chi connectivity index (χ4n) is 2.46. The normalized spacial score (nSPS) is 11.2. The number of aromatic carboxylic acids is 1. The maximum absolute atomic E-state index is 11.5. The topological polar surface area (TPSA) is 97.8 Å². The van der Waals surface area contributed by atoms with Crippen molar-refractivity contribution in [3.05, 3.63) is 47.8 Å². The predicted molar refractivity (Wildman–Crippen MR) is 90.6 cm³/mol. The number of rotatable bonds is 5. The highest BCUT2D eigenvalue weighted by Gasteiger charge is 2.19. The van der Waals surface area contributed by atoms with Gasteiger partial charge in [-0.2, -0.15) is 0 Å². The van der Waals surface area contributed by atoms with Crippen LogP contribution in [0.2, 0.25) is 0 Å². The summed E-state index contributed by atoms with van der Waals surface area (Å²) in [4.78, 5) is 15.6. The molecular weight excluding hydrogens is 324 g/mol. The maximum atomic E-state index is 11.5. The first-order valence-corrected chi connectivity index (χ1v) is 7.40. The summed E-state index contributed by atoms with van der Waals surface area (Å²) in [5.41, 5.74) is 1.65. The first-order valence-electron chi connectivity index (χ1n) is 7.40. The van der Waals surface area contributed by atoms with Crippen LogP contribution in [0.4, 0.5) is 11.5 Å². The minimum atomic E-state index is -1.16. The van der Waals surface area contributed by atoms with E-state index in [9.17, 15) is 9.90 Å². The van der Waals surface area contributed by atoms with Gasteiger partial charge in [0.15, 0.2) is 23.0 Å². The zero-order valence-corrected chi connectivity index (χ0v) is 13.9. The Kier molecular flexibility index (Phi) is 4.34. The highest BCUT2D eigenvalue weighted by atomic mass is 16.5. The van der Waals surface area contributed by atoms with Crippen LogP contribution in [-0.2, 0) is 0 Å². The van der Waals surface area contributed by atoms with Crippen molar-refractivity contribution in [2.24, 2.45) is 10.2 Å². The number of fused-ring (bicyclic) bond motifs is 1. The minimum Gasteiger partial charge on any atom is -0.493 e. The highest BCUT2D eigenvalue weighted by Crippen LogP contribution is 2.32. The number of carboxylic acids is 1. The van der Waals surface area contributed by atoms with Crippen LogP contribution in [-0.4, -0.2) is 34.7 Å². The second-order valence-electron chi connectivity index (χ2n) is 5.19. The summed E-state index contributed by atoms with van der Waals surface area (Å²) in [5, 5.41) is 17.6. The molecule has 0 amide bonds. The molecule has 0 bridgehead atoms. The summed E-state index contributed by atoms with van der Waals surface area (Å²) >= 11 is 0. The Morgan fingerprint density at radius 3 is 2.56 bits per heavy atom. The second-order valence-corrected chi connectivity index (χ2v) is 5.19. The smallest absolute Gasteiger partial charge is 0.358 e. The van der Waals surface area contributed by atoms with Crippen LogP contribution in [0.3, 0.4) is 0 Å². The summed E-state index contributed by atoms with van der Waals surface area (Å²) in [6, 6.07) is 10.4. The monoisotopic (exact) mass is 340 g/mol. The quantitative estimate of drug-likeness (QED) is 0.713. The molecule has 0 atom stereocenters. The van der Waals surface area contributed by atoms with E-state index in [2.05, 4.69) is 15.2 Å². The molecule has 8 heteroatoms. The number of aromatic nitrogens is 2. The number of carboxylic acid groups (broad SMARTS) is 1. The number of pyridine rings is 1. The van der Waals surface area contributed by atoms with Crippen molar-refractivity contribution in [3.63, 3.8) is 0 Å². The Morgan fingerprint density at radius 1 is 1.12 bits per heavy atom. The number of carbonyl (C=O) groups is 1. The van der Waals surface area contributed by atoms with Crippen LogP contribution in [0.15, 0.2) is 46.6 Å². The van der Waals surface area contributed by atoms with Gasteiger partial charge < -0.3 is 14.6 Å². The van der Waals surface area contributed by atoms with Gasteiger partial charge >= 0.3 is 5.97 Å². The first kappa shape index (κ1) is 16.4. The fourth-order valence-corrected chi connectivity index (χ4v) is 2.46. The number of hydrogen-bond acceptors (Lipinski definition) is 6. The lowest BCUT2D eigenvalue weighted by atomic mass is 10.3. The zero-order valence-electron chi connectivity index (χ0n) is 13.9. The molecule has 0 radical (unpaired) electrons. The Labute approximate surface area is 143 Å². The van der Waals surface area contributed by atoms with Crippen LogP contribution in [0.1, 0.15) is 16.2 Å². The second kappa shape index (κ2) is 6.60. The van der Waals surface area contributed by atoms with Gasteiger partial charge in [0.25, 0.3) is 0 Å². The lowest BCUT2D eigenvalue weighted by Gasteiger charge is -2.07. The third-order valence-electron chi connectivity index (χ3n) is 3.64. The molecule has 0 aliphatic rings. The van der Waals surface area contributed by atoms with E-state index in [1.54, 1.807) is 41.8 Å². The largest absolute Gasteiger partial charge is 0.493 e. The molecule has 0 fully saturated rings. The summed E-state index contributed by atoms with van der Waals surface area (Å²) in [6.07, 6.45) is 0. The standard InChI is InChI=1S/C17H16N4O4/c1-10-5-4-6-14-18-15(17(22)23)16(21(10)14)20-19-11-7-8-12(24-2)13(9-11)25-3/h4-9H,1-3H3,(H,22,23). The zero-order chi connectivity index (χ0) is 18.0. The summed E-state index contributed by atoms with van der Waals surface area (Å²) in [5.74, 6) is 0.0739. The van der Waals surface area contributed by atoms with E-state index in [4.69, 9.17) is 9.47 Å². The lowest BCUT2D eigenvalue weighted by molar-refractivity contribution is 0.0692. The van der Waals surface area contributed by atoms with Crippen molar-refractivity contribution >= 4 is 23.1 Å². The van der Waals surface area contributed by atoms with E-state index in [0.29, 0.717) is 22.8 Å². The van der Waals surface area contributed by atoms with E-state index in [-0.39, 0.29) is 11.5 Å². The molecule has 3 rings (SSSR count). The number of azo groups is 1. The SMILES string of the molecule is COc1ccc(N=Nc2c(C(=O)O)nc3cccc(C)n23)cc1OC. The number of nitrogens with zero attached hydrogens (tertiary/aromatic N) is 4. The molecule has 2 aromatic heterocycles. The van der Waals surface area contributed by atoms with Crippen LogP contribution in [0.25, 0.3) is 5.65 Å². The van der Waals surface area contributed by atoms with Crippen molar-refractivity contribution in [2.75, 3.05) is 14.2 Å². The van der Waals surface area contributed by atoms with Crippen molar-refractivity contribution in [3.8, 4) is 11.5 Å². The van der Waals surface area contributed by atoms with Crippen LogP contribution in [0.5, 0.6) is 11.5 Å². The minimum absolute atomic E-state index is 0.154. The van der Waals surface area contributed by atoms with E-state index >= 15 is 0 Å². The van der Waals surface area contributed by atoms with Gasteiger partial charge in [-0.05, 0) is 31.2 Å². The number of benzene rings is 1. The highest BCUT2D eigenvalue weighted by molar-refractivity contribution is 5.91. The predicted octanol–water partition coefficient (Wildman–Crippen LogP) is 3.77. The molecule has 0 spiro atoms. The summed E-state index contributed by atoms with van der Waals surface area (Å²) in [7, 11) is 3.06. The molecule has 0 saturated carbocycles. The van der Waals surface area contributed by atoms with Crippen molar-refractivity contribution in [1.82, 2.24) is 9.38 Å². The number of aryl methyl sites for hydroxylation is 1. The lowest BCUT2D eigenvalue weighted by Crippen LogP contribution is -1.97. The van der Waals surface area contributed by atoms with Crippen molar-refractivity contribution in [2.45, 2.75) is 6.92 Å². The van der Waals surface area contributed by atoms with E-state index in [1.807, 2.05) is 13.0 Å². The van der Waals surface area contributed by atoms with Gasteiger partial charge in [0.1, 0.15) is 5.65 Å². The number of ether oxygens (including phenoxy) is 2. The maximum Gasteiger partial charge on any atom is 0.358 e. The molecule has 3 aromatic rings. The molecule has 128 valence electrons. The molecule has 8 nitrogen and oxygen atoms in total. The van der Waals surface area contributed by atoms with Gasteiger partial charge in [0.2, 0.25) is 0 Å². The molecule has 0 saturated heterocycles. The number of imidazole rings is 1. The van der Waals surface area contributed by atoms with Crippen LogP contribution >= 0.6 is 0 Å². The van der Waals surface area contributed by atoms with Gasteiger partial charge in [-0.3, -0.25) is 4.40 Å². The van der Waals surface area contributed by atoms with E-state index in [0.717, 1.165) is 5.69 Å². The van der Waals surface area contributed by atoms with Crippen molar-refractivity contribution in [1.29, 1.82) is 0 Å². The van der Waals surface area contributed by atoms with E-state index in [1.165, 1.54) is 7.11 Å². The van der Waals surface area contributed by atoms with E-state index < -0.39 is 5.97 Å². The Bertz CT molecular complexity index is 978. The van der Waals surface area contributed by atoms with Crippen LogP contribution in [0, 0.1) is 6.92 Å². The molecule has 2 heterocycles. The third-order valence-corrected chi connectivity index (χ3v) is 3.64. The molecule has 1 aromatic carbocycles. The molecule has 0 aliphatic carbocycles. The van der Waals surface area contributed by atoms with Gasteiger partial charge in [-0.15, -0.1) is 10.2 Å². The molecular formula is C17H16N4O4. The molecule has 1 N–H and O–H groups in total. The molecule has 0 unspecified atom stereocenters. The Hall–Kier alpha value is -3.42. The van der Waals surface area contributed by atoms with Gasteiger partial charge in [-0.25, -0.2) is 9.78 Å². The summed E-state index contributed by atoms with van der Waals surface area (Å²) in [6.45, 7) is 1.84. The summed E-state index contributed by atoms with van der Waals surface area (Å²) < 4.78 is 12.0. The van der Waals surface area contributed by atoms with Gasteiger partial charge in [-0.1, -0.05) is 6.07 Å². The molecule has 0 aliphatic heterocycles. The van der Waals surface area contributed by atoms with Crippen molar-refractivity contribution < 1.29 is 19.4 Å². The Morgan fingerprint density at radius 2 is 1.88 bits per heavy atom. The van der Waals surface area contributed by atoms with Gasteiger partial charge in [0.05, 0.1) is 19.9 Å².